The van der Waals surface area contributed by atoms with Gasteiger partial charge in [-0.05, 0) is 5.56 Å². The number of thiazole rings is 1. The molecule has 0 saturated carbocycles. The number of carbonyl (C=O) groups excluding carboxylic acids is 1. The highest BCUT2D eigenvalue weighted by molar-refractivity contribution is 7.15. The van der Waals surface area contributed by atoms with Gasteiger partial charge in [-0.25, -0.2) is 9.78 Å². The normalized spacial score (nSPS) is 22.5. The lowest BCUT2D eigenvalue weighted by Crippen LogP contribution is -2.54. The lowest BCUT2D eigenvalue weighted by molar-refractivity contribution is -0.0525. The maximum Gasteiger partial charge on any atom is 0.411 e. The van der Waals surface area contributed by atoms with E-state index in [1.165, 1.54) is 11.3 Å². The number of aromatic nitrogens is 1. The SMILES string of the molecule is Nc1nc2c(s1)C1COCC(C2)N1C(=O)OCc1ccccc1. The number of carbonyl (C=O) groups is 1. The third-order valence-electron chi connectivity index (χ3n) is 4.21. The van der Waals surface area contributed by atoms with E-state index in [9.17, 15) is 4.79 Å². The van der Waals surface area contributed by atoms with Gasteiger partial charge in [-0.15, -0.1) is 0 Å². The molecule has 6 nitrogen and oxygen atoms in total. The second-order valence-electron chi connectivity index (χ2n) is 5.72. The van der Waals surface area contributed by atoms with Crippen LogP contribution in [-0.4, -0.2) is 35.2 Å². The molecule has 23 heavy (non-hydrogen) atoms. The third kappa shape index (κ3) is 2.66. The molecule has 2 aliphatic rings. The number of anilines is 1. The minimum atomic E-state index is -0.301. The van der Waals surface area contributed by atoms with Gasteiger partial charge >= 0.3 is 6.09 Å². The van der Waals surface area contributed by atoms with Gasteiger partial charge in [0.15, 0.2) is 5.13 Å². The number of hydrogen-bond acceptors (Lipinski definition) is 6. The highest BCUT2D eigenvalue weighted by Crippen LogP contribution is 2.40. The average molecular weight is 331 g/mol. The molecular formula is C16H17N3O3S. The van der Waals surface area contributed by atoms with Crippen LogP contribution in [0.1, 0.15) is 22.2 Å². The molecule has 0 radical (unpaired) electrons. The monoisotopic (exact) mass is 331 g/mol. The Morgan fingerprint density at radius 1 is 1.39 bits per heavy atom. The number of nitrogen functional groups attached to an aromatic ring is 1. The largest absolute Gasteiger partial charge is 0.445 e. The Morgan fingerprint density at radius 3 is 3.04 bits per heavy atom. The molecule has 2 aromatic rings. The lowest BCUT2D eigenvalue weighted by Gasteiger charge is -2.43. The molecule has 1 fully saturated rings. The Balaban J connectivity index is 1.53. The number of fused-ring (bicyclic) bond motifs is 4. The molecule has 1 saturated heterocycles. The van der Waals surface area contributed by atoms with E-state index in [0.29, 0.717) is 24.8 Å². The first kappa shape index (κ1) is 14.5. The molecule has 7 heteroatoms. The topological polar surface area (TPSA) is 77.7 Å². The second kappa shape index (κ2) is 5.82. The minimum Gasteiger partial charge on any atom is -0.445 e. The predicted octanol–water partition coefficient (Wildman–Crippen LogP) is 2.36. The number of morpholine rings is 1. The number of nitrogens with zero attached hydrogens (tertiary/aromatic N) is 2. The van der Waals surface area contributed by atoms with Crippen LogP contribution < -0.4 is 5.73 Å². The van der Waals surface area contributed by atoms with Crippen LogP contribution in [-0.2, 0) is 22.5 Å². The standard InChI is InChI=1S/C16H17N3O3S/c17-15-18-12-6-11-8-21-9-13(14(12)23-15)19(11)16(20)22-7-10-4-2-1-3-5-10/h1-5,11,13H,6-9H2,(H2,17,18). The summed E-state index contributed by atoms with van der Waals surface area (Å²) in [5.74, 6) is 0. The second-order valence-corrected chi connectivity index (χ2v) is 6.78. The van der Waals surface area contributed by atoms with Gasteiger partial charge in [-0.1, -0.05) is 41.7 Å². The van der Waals surface area contributed by atoms with Crippen LogP contribution in [0.4, 0.5) is 9.93 Å². The van der Waals surface area contributed by atoms with Crippen LogP contribution in [0, 0.1) is 0 Å². The first-order valence-electron chi connectivity index (χ1n) is 7.54. The van der Waals surface area contributed by atoms with Crippen molar-refractivity contribution in [2.24, 2.45) is 0 Å². The summed E-state index contributed by atoms with van der Waals surface area (Å²) >= 11 is 1.43. The molecule has 0 spiro atoms. The summed E-state index contributed by atoms with van der Waals surface area (Å²) in [5.41, 5.74) is 7.80. The van der Waals surface area contributed by atoms with Crippen LogP contribution in [0.3, 0.4) is 0 Å². The average Bonchev–Trinajstić information content (AvgIpc) is 2.93. The zero-order valence-corrected chi connectivity index (χ0v) is 13.3. The summed E-state index contributed by atoms with van der Waals surface area (Å²) in [6.45, 7) is 1.24. The highest BCUT2D eigenvalue weighted by Gasteiger charge is 2.43. The van der Waals surface area contributed by atoms with Crippen molar-refractivity contribution in [2.45, 2.75) is 25.1 Å². The van der Waals surface area contributed by atoms with Crippen LogP contribution in [0.15, 0.2) is 30.3 Å². The molecule has 1 aromatic carbocycles. The summed E-state index contributed by atoms with van der Waals surface area (Å²) in [5, 5.41) is 0.542. The Morgan fingerprint density at radius 2 is 2.22 bits per heavy atom. The highest BCUT2D eigenvalue weighted by atomic mass is 32.1. The number of benzene rings is 1. The van der Waals surface area contributed by atoms with Crippen molar-refractivity contribution in [2.75, 3.05) is 18.9 Å². The Labute approximate surface area is 137 Å². The van der Waals surface area contributed by atoms with Crippen molar-refractivity contribution in [1.82, 2.24) is 9.88 Å². The summed E-state index contributed by atoms with van der Waals surface area (Å²) in [4.78, 5) is 19.8. The molecule has 1 amide bonds. The molecule has 2 atom stereocenters. The number of amides is 1. The number of ether oxygens (including phenoxy) is 2. The number of hydrogen-bond donors (Lipinski definition) is 1. The predicted molar refractivity (Wildman–Crippen MR) is 86.0 cm³/mol. The molecular weight excluding hydrogens is 314 g/mol. The van der Waals surface area contributed by atoms with E-state index in [-0.39, 0.29) is 24.8 Å². The Kier molecular flexibility index (Phi) is 3.66. The van der Waals surface area contributed by atoms with Gasteiger partial charge in [-0.2, -0.15) is 0 Å². The van der Waals surface area contributed by atoms with Crippen LogP contribution >= 0.6 is 11.3 Å². The van der Waals surface area contributed by atoms with Gasteiger partial charge in [0.1, 0.15) is 6.61 Å². The van der Waals surface area contributed by atoms with E-state index in [0.717, 1.165) is 16.1 Å². The van der Waals surface area contributed by atoms with E-state index in [4.69, 9.17) is 15.2 Å². The minimum absolute atomic E-state index is 0.0361. The van der Waals surface area contributed by atoms with Gasteiger partial charge in [0, 0.05) is 6.42 Å². The molecule has 2 aliphatic heterocycles. The van der Waals surface area contributed by atoms with Crippen molar-refractivity contribution < 1.29 is 14.3 Å². The van der Waals surface area contributed by atoms with Crippen LogP contribution in [0.5, 0.6) is 0 Å². The van der Waals surface area contributed by atoms with Gasteiger partial charge in [0.05, 0.1) is 35.9 Å². The quantitative estimate of drug-likeness (QED) is 0.914. The molecule has 120 valence electrons. The van der Waals surface area contributed by atoms with E-state index in [2.05, 4.69) is 4.98 Å². The summed E-state index contributed by atoms with van der Waals surface area (Å²) < 4.78 is 11.1. The molecule has 2 bridgehead atoms. The van der Waals surface area contributed by atoms with E-state index in [1.54, 1.807) is 4.90 Å². The third-order valence-corrected chi connectivity index (χ3v) is 5.23. The summed E-state index contributed by atoms with van der Waals surface area (Å²) in [6.07, 6.45) is 0.366. The van der Waals surface area contributed by atoms with Crippen molar-refractivity contribution in [3.05, 3.63) is 46.5 Å². The number of nitrogens with two attached hydrogens (primary N) is 1. The zero-order valence-electron chi connectivity index (χ0n) is 12.5. The molecule has 1 aromatic heterocycles. The molecule has 2 unspecified atom stereocenters. The maximum atomic E-state index is 12.6. The molecule has 0 aliphatic carbocycles. The van der Waals surface area contributed by atoms with E-state index < -0.39 is 0 Å². The first-order chi connectivity index (χ1) is 11.2. The summed E-state index contributed by atoms with van der Waals surface area (Å²) in [6, 6.07) is 9.50. The first-order valence-corrected chi connectivity index (χ1v) is 8.36. The molecule has 4 rings (SSSR count). The van der Waals surface area contributed by atoms with Gasteiger partial charge in [-0.3, -0.25) is 4.90 Å². The fourth-order valence-corrected chi connectivity index (χ4v) is 4.12. The summed E-state index contributed by atoms with van der Waals surface area (Å²) in [7, 11) is 0. The Bertz CT molecular complexity index is 719. The van der Waals surface area contributed by atoms with Crippen molar-refractivity contribution in [3.8, 4) is 0 Å². The van der Waals surface area contributed by atoms with Crippen LogP contribution in [0.25, 0.3) is 0 Å². The molecule has 2 N–H and O–H groups in total. The van der Waals surface area contributed by atoms with Gasteiger partial charge < -0.3 is 15.2 Å². The van der Waals surface area contributed by atoms with E-state index >= 15 is 0 Å². The van der Waals surface area contributed by atoms with Crippen LogP contribution in [0.2, 0.25) is 0 Å². The smallest absolute Gasteiger partial charge is 0.411 e. The van der Waals surface area contributed by atoms with Crippen molar-refractivity contribution >= 4 is 22.6 Å². The fourth-order valence-electron chi connectivity index (χ4n) is 3.17. The molecule has 3 heterocycles. The van der Waals surface area contributed by atoms with Gasteiger partial charge in [0.25, 0.3) is 0 Å². The van der Waals surface area contributed by atoms with Crippen molar-refractivity contribution in [3.63, 3.8) is 0 Å². The van der Waals surface area contributed by atoms with Crippen molar-refractivity contribution in [1.29, 1.82) is 0 Å². The fraction of sp³-hybridized carbons (Fsp3) is 0.375. The zero-order chi connectivity index (χ0) is 15.8. The number of rotatable bonds is 2. The van der Waals surface area contributed by atoms with Gasteiger partial charge in [0.2, 0.25) is 0 Å². The Hall–Kier alpha value is -2.12. The lowest BCUT2D eigenvalue weighted by atomic mass is 9.97. The van der Waals surface area contributed by atoms with E-state index in [1.807, 2.05) is 30.3 Å². The maximum absolute atomic E-state index is 12.6.